The Balaban J connectivity index is 1.54. The number of ether oxygens (including phenoxy) is 1. The Labute approximate surface area is 184 Å². The van der Waals surface area contributed by atoms with Crippen LogP contribution in [0.1, 0.15) is 11.7 Å². The first kappa shape index (κ1) is 18.9. The maximum atomic E-state index is 6.41. The molecule has 0 saturated carbocycles. The van der Waals surface area contributed by atoms with Gasteiger partial charge in [0, 0.05) is 0 Å². The van der Waals surface area contributed by atoms with E-state index in [1.165, 1.54) is 34.2 Å². The van der Waals surface area contributed by atoms with E-state index in [9.17, 15) is 0 Å². The van der Waals surface area contributed by atoms with Crippen molar-refractivity contribution in [3.8, 4) is 0 Å². The molecule has 0 bridgehead atoms. The van der Waals surface area contributed by atoms with Crippen LogP contribution in [-0.4, -0.2) is 36.5 Å². The van der Waals surface area contributed by atoms with E-state index in [0.717, 1.165) is 6.61 Å². The van der Waals surface area contributed by atoms with Crippen LogP contribution in [0.3, 0.4) is 0 Å². The second-order valence-electron chi connectivity index (χ2n) is 6.92. The molecule has 0 saturated heterocycles. The van der Waals surface area contributed by atoms with Crippen LogP contribution in [0.4, 0.5) is 0 Å². The number of benzene rings is 4. The second kappa shape index (κ2) is 8.71. The molecule has 5 rings (SSSR count). The summed E-state index contributed by atoms with van der Waals surface area (Å²) in [5.41, 5.74) is 1.27. The molecule has 0 radical (unpaired) electrons. The van der Waals surface area contributed by atoms with Gasteiger partial charge in [0.15, 0.2) is 0 Å². The fourth-order valence-electron chi connectivity index (χ4n) is 3.51. The molecule has 142 valence electrons. The minimum atomic E-state index is 0.0698. The Bertz CT molecular complexity index is 1150. The van der Waals surface area contributed by atoms with Crippen LogP contribution in [0.5, 0.6) is 0 Å². The van der Waals surface area contributed by atoms with Crippen molar-refractivity contribution in [1.29, 1.82) is 0 Å². The molecule has 3 heteroatoms. The Morgan fingerprint density at radius 3 is 1.97 bits per heavy atom. The predicted molar refractivity (Wildman–Crippen MR) is 123 cm³/mol. The average Bonchev–Trinajstić information content (AvgIpc) is 3.17. The van der Waals surface area contributed by atoms with Gasteiger partial charge in [0.25, 0.3) is 0 Å². The van der Waals surface area contributed by atoms with E-state index in [0.29, 0.717) is 15.0 Å². The average molecular weight is 506 g/mol. The number of rotatable bonds is 5. The summed E-state index contributed by atoms with van der Waals surface area (Å²) in [4.78, 5) is 0. The summed E-state index contributed by atoms with van der Waals surface area (Å²) in [7, 11) is 0. The van der Waals surface area contributed by atoms with Crippen LogP contribution in [-0.2, 0) is 4.74 Å². The zero-order valence-electron chi connectivity index (χ0n) is 15.8. The maximum absolute atomic E-state index is 6.41. The van der Waals surface area contributed by atoms with E-state index in [2.05, 4.69) is 103 Å². The first-order valence-electron chi connectivity index (χ1n) is 9.66. The molecule has 0 N–H and O–H groups in total. The molecule has 1 aliphatic rings. The van der Waals surface area contributed by atoms with Crippen molar-refractivity contribution in [2.45, 2.75) is 6.10 Å². The molecule has 1 aliphatic heterocycles. The fourth-order valence-corrected chi connectivity index (χ4v) is 8.49. The van der Waals surface area contributed by atoms with Gasteiger partial charge in [-0.3, -0.25) is 0 Å². The van der Waals surface area contributed by atoms with Crippen molar-refractivity contribution in [2.75, 3.05) is 6.61 Å². The zero-order chi connectivity index (χ0) is 19.5. The van der Waals surface area contributed by atoms with Crippen LogP contribution in [0.2, 0.25) is 0 Å². The van der Waals surface area contributed by atoms with Gasteiger partial charge in [-0.15, -0.1) is 0 Å². The molecule has 0 spiro atoms. The van der Waals surface area contributed by atoms with Gasteiger partial charge in [0.1, 0.15) is 0 Å². The van der Waals surface area contributed by atoms with Crippen molar-refractivity contribution in [2.24, 2.45) is 0 Å². The summed E-state index contributed by atoms with van der Waals surface area (Å²) in [5.74, 6) is 0. The van der Waals surface area contributed by atoms with Crippen molar-refractivity contribution < 1.29 is 4.74 Å². The third kappa shape index (κ3) is 4.26. The van der Waals surface area contributed by atoms with E-state index in [-0.39, 0.29) is 21.1 Å². The Hall–Kier alpha value is -2.12. The predicted octanol–water partition coefficient (Wildman–Crippen LogP) is 4.18. The zero-order valence-corrected chi connectivity index (χ0v) is 19.3. The van der Waals surface area contributed by atoms with Crippen LogP contribution in [0.15, 0.2) is 112 Å². The SMILES string of the molecule is c1ccc([Se]C2=C([Se]c3ccccc3)C(c3ccc4ccccc4c3)OC2)cc1. The minimum absolute atomic E-state index is 0.0698. The Morgan fingerprint density at radius 1 is 0.621 bits per heavy atom. The Morgan fingerprint density at radius 2 is 1.24 bits per heavy atom. The molecule has 1 unspecified atom stereocenters. The van der Waals surface area contributed by atoms with Crippen molar-refractivity contribution >= 4 is 49.6 Å². The molecule has 0 fully saturated rings. The molecule has 0 amide bonds. The summed E-state index contributed by atoms with van der Waals surface area (Å²) in [6.45, 7) is 0.746. The second-order valence-corrected chi connectivity index (χ2v) is 11.7. The van der Waals surface area contributed by atoms with Crippen molar-refractivity contribution in [3.63, 3.8) is 0 Å². The van der Waals surface area contributed by atoms with Gasteiger partial charge in [-0.25, -0.2) is 0 Å². The van der Waals surface area contributed by atoms with Gasteiger partial charge < -0.3 is 0 Å². The monoisotopic (exact) mass is 508 g/mol. The van der Waals surface area contributed by atoms with E-state index in [1.807, 2.05) is 0 Å². The van der Waals surface area contributed by atoms with Crippen molar-refractivity contribution in [3.05, 3.63) is 118 Å². The summed E-state index contributed by atoms with van der Waals surface area (Å²) in [6.07, 6.45) is 0.0698. The van der Waals surface area contributed by atoms with Gasteiger partial charge in [-0.1, -0.05) is 0 Å². The van der Waals surface area contributed by atoms with Gasteiger partial charge in [0.05, 0.1) is 0 Å². The van der Waals surface area contributed by atoms with Crippen LogP contribution >= 0.6 is 0 Å². The topological polar surface area (TPSA) is 9.23 Å². The number of fused-ring (bicyclic) bond motifs is 1. The summed E-state index contributed by atoms with van der Waals surface area (Å²) in [5, 5.41) is 2.56. The van der Waals surface area contributed by atoms with E-state index >= 15 is 0 Å². The third-order valence-electron chi connectivity index (χ3n) is 4.93. The standard InChI is InChI=1S/C26H20OSe2/c1-3-11-22(12-4-1)28-24-18-27-25(26(24)29-23-13-5-2-6-14-23)21-16-15-19-9-7-8-10-20(19)17-21/h1-17,25H,18H2. The first-order chi connectivity index (χ1) is 14.4. The quantitative estimate of drug-likeness (QED) is 0.369. The molecule has 4 aromatic rings. The molecule has 1 atom stereocenters. The third-order valence-corrected chi connectivity index (χ3v) is 10.4. The molecule has 4 aromatic carbocycles. The van der Waals surface area contributed by atoms with Gasteiger partial charge in [-0.2, -0.15) is 0 Å². The molecule has 1 heterocycles. The molecular formula is C26H20OSe2. The summed E-state index contributed by atoms with van der Waals surface area (Å²) in [6, 6.07) is 37.0. The molecule has 29 heavy (non-hydrogen) atoms. The van der Waals surface area contributed by atoms with Gasteiger partial charge in [-0.05, 0) is 0 Å². The van der Waals surface area contributed by atoms with Gasteiger partial charge in [0.2, 0.25) is 0 Å². The van der Waals surface area contributed by atoms with E-state index in [4.69, 9.17) is 4.74 Å². The van der Waals surface area contributed by atoms with E-state index < -0.39 is 0 Å². The molecule has 1 nitrogen and oxygen atoms in total. The molecule has 0 aliphatic carbocycles. The Kier molecular flexibility index (Phi) is 5.67. The summed E-state index contributed by atoms with van der Waals surface area (Å²) >= 11 is 0.568. The number of hydrogen-bond acceptors (Lipinski definition) is 1. The van der Waals surface area contributed by atoms with Gasteiger partial charge >= 0.3 is 185 Å². The van der Waals surface area contributed by atoms with E-state index in [1.54, 1.807) is 0 Å². The fraction of sp³-hybridized carbons (Fsp3) is 0.0769. The van der Waals surface area contributed by atoms with Crippen LogP contribution in [0, 0.1) is 0 Å². The molecule has 0 aromatic heterocycles. The first-order valence-corrected chi connectivity index (χ1v) is 13.1. The van der Waals surface area contributed by atoms with Crippen LogP contribution < -0.4 is 8.92 Å². The van der Waals surface area contributed by atoms with Crippen molar-refractivity contribution in [1.82, 2.24) is 0 Å². The van der Waals surface area contributed by atoms with Crippen LogP contribution in [0.25, 0.3) is 10.8 Å². The summed E-state index contributed by atoms with van der Waals surface area (Å²) < 4.78 is 12.2. The number of hydrogen-bond donors (Lipinski definition) is 0. The normalized spacial score (nSPS) is 16.5. The molecular weight excluding hydrogens is 486 g/mol.